The highest BCUT2D eigenvalue weighted by Crippen LogP contribution is 2.61. The molecule has 8 atom stereocenters. The van der Waals surface area contributed by atoms with Crippen molar-refractivity contribution in [1.29, 1.82) is 0 Å². The molecule has 8 heteroatoms. The van der Waals surface area contributed by atoms with Crippen LogP contribution >= 0.6 is 0 Å². The molecule has 0 radical (unpaired) electrons. The number of aliphatic hydroxyl groups excluding tert-OH is 1. The van der Waals surface area contributed by atoms with E-state index in [0.29, 0.717) is 35.5 Å². The van der Waals surface area contributed by atoms with Crippen LogP contribution < -0.4 is 21.1 Å². The molecule has 228 valence electrons. The molecule has 3 saturated carbocycles. The number of nitrogens with zero attached hydrogens (tertiary/aromatic N) is 1. The first-order chi connectivity index (χ1) is 20.0. The summed E-state index contributed by atoms with van der Waals surface area (Å²) in [7, 11) is 3.51. The van der Waals surface area contributed by atoms with Crippen molar-refractivity contribution >= 4 is 11.6 Å². The number of amides is 1. The molecule has 2 aromatic rings. The minimum Gasteiger partial charge on any atom is -0.496 e. The zero-order valence-corrected chi connectivity index (χ0v) is 25.9. The maximum absolute atomic E-state index is 14.1. The number of fused-ring (bicyclic) bond motifs is 2. The van der Waals surface area contributed by atoms with Gasteiger partial charge in [0.15, 0.2) is 0 Å². The zero-order valence-electron chi connectivity index (χ0n) is 25.9. The first-order valence-corrected chi connectivity index (χ1v) is 15.3. The maximum Gasteiger partial charge on any atom is 0.240 e. The molecular weight excluding hydrogens is 528 g/mol. The summed E-state index contributed by atoms with van der Waals surface area (Å²) in [5.74, 6) is 1.77. The molecule has 8 nitrogen and oxygen atoms in total. The zero-order chi connectivity index (χ0) is 30.3. The van der Waals surface area contributed by atoms with Crippen LogP contribution in [-0.4, -0.2) is 61.1 Å². The van der Waals surface area contributed by atoms with Gasteiger partial charge in [0.2, 0.25) is 5.91 Å². The fraction of sp³-hybridized carbons (Fsp3) is 0.559. The summed E-state index contributed by atoms with van der Waals surface area (Å²) in [4.78, 5) is 20.4. The van der Waals surface area contributed by atoms with Crippen LogP contribution in [0.4, 0.5) is 0 Å². The second-order valence-electron chi connectivity index (χ2n) is 13.1. The average molecular weight is 577 g/mol. The number of benzene rings is 2. The smallest absolute Gasteiger partial charge is 0.240 e. The van der Waals surface area contributed by atoms with Gasteiger partial charge in [0, 0.05) is 42.4 Å². The monoisotopic (exact) mass is 576 g/mol. The third-order valence-electron chi connectivity index (χ3n) is 10.6. The Hall–Kier alpha value is -2.91. The molecule has 3 aliphatic carbocycles. The predicted octanol–water partition coefficient (Wildman–Crippen LogP) is 4.18. The van der Waals surface area contributed by atoms with Crippen molar-refractivity contribution in [2.75, 3.05) is 20.7 Å². The van der Waals surface area contributed by atoms with Gasteiger partial charge in [-0.1, -0.05) is 63.7 Å². The van der Waals surface area contributed by atoms with E-state index in [0.717, 1.165) is 34.4 Å². The Kier molecular flexibility index (Phi) is 8.72. The van der Waals surface area contributed by atoms with E-state index in [2.05, 4.69) is 44.1 Å². The normalized spacial score (nSPS) is 30.7. The molecular formula is C34H48N4O4. The van der Waals surface area contributed by atoms with Crippen molar-refractivity contribution < 1.29 is 19.5 Å². The third-order valence-corrected chi connectivity index (χ3v) is 10.6. The molecule has 1 amide bonds. The molecule has 1 saturated heterocycles. The molecule has 6 rings (SSSR count). The van der Waals surface area contributed by atoms with Gasteiger partial charge in [-0.25, -0.2) is 0 Å². The van der Waals surface area contributed by atoms with E-state index in [1.54, 1.807) is 19.1 Å². The molecule has 0 spiro atoms. The molecule has 1 heterocycles. The van der Waals surface area contributed by atoms with Crippen LogP contribution in [0.25, 0.3) is 16.8 Å². The van der Waals surface area contributed by atoms with E-state index in [9.17, 15) is 9.90 Å². The van der Waals surface area contributed by atoms with E-state index in [1.165, 1.54) is 6.42 Å². The van der Waals surface area contributed by atoms with Crippen molar-refractivity contribution in [1.82, 2.24) is 15.7 Å². The Labute approximate surface area is 250 Å². The second-order valence-corrected chi connectivity index (χ2v) is 13.1. The molecule has 0 unspecified atom stereocenters. The van der Waals surface area contributed by atoms with Gasteiger partial charge in [-0.2, -0.15) is 5.06 Å². The Morgan fingerprint density at radius 1 is 1.26 bits per heavy atom. The van der Waals surface area contributed by atoms with Crippen molar-refractivity contribution in [3.8, 4) is 16.9 Å². The number of carbonyl (C=O) groups excluding carboxylic acids is 1. The van der Waals surface area contributed by atoms with E-state index in [1.807, 2.05) is 43.4 Å². The number of methoxy groups -OCH3 is 1. The fourth-order valence-corrected chi connectivity index (χ4v) is 7.89. The largest absolute Gasteiger partial charge is 0.496 e. The van der Waals surface area contributed by atoms with Crippen LogP contribution in [0.3, 0.4) is 0 Å². The summed E-state index contributed by atoms with van der Waals surface area (Å²) < 4.78 is 5.97. The first kappa shape index (κ1) is 30.5. The summed E-state index contributed by atoms with van der Waals surface area (Å²) in [6, 6.07) is 13.6. The SMILES string of the molecule is C=C(NC)c1cccc(-c2cccc(CN3O[C@@H](CN)[C@H]([C@H](C)O)[C@H]3C(=O)N[C@H]3C[C@H]4C[C@H]([C@@H]3C)C4(C)C)c2OC)c1. The summed E-state index contributed by atoms with van der Waals surface area (Å²) in [5, 5.41) is 19.0. The number of carbonyl (C=O) groups is 1. The number of para-hydroxylation sites is 1. The van der Waals surface area contributed by atoms with E-state index < -0.39 is 24.2 Å². The second kappa shape index (κ2) is 12.0. The summed E-state index contributed by atoms with van der Waals surface area (Å²) in [5.41, 5.74) is 11.1. The molecule has 2 aromatic carbocycles. The van der Waals surface area contributed by atoms with Crippen LogP contribution in [-0.2, 0) is 16.2 Å². The Balaban J connectivity index is 1.43. The van der Waals surface area contributed by atoms with Crippen molar-refractivity contribution in [3.05, 3.63) is 60.2 Å². The molecule has 1 aliphatic heterocycles. The van der Waals surface area contributed by atoms with Crippen LogP contribution in [0.1, 0.15) is 51.7 Å². The molecule has 0 aromatic heterocycles. The van der Waals surface area contributed by atoms with Gasteiger partial charge in [0.25, 0.3) is 0 Å². The van der Waals surface area contributed by atoms with Gasteiger partial charge in [0.05, 0.1) is 25.9 Å². The topological polar surface area (TPSA) is 109 Å². The lowest BCUT2D eigenvalue weighted by atomic mass is 9.45. The Morgan fingerprint density at radius 2 is 2.00 bits per heavy atom. The Bertz CT molecular complexity index is 1310. The number of rotatable bonds is 10. The number of hydrogen-bond donors (Lipinski definition) is 4. The highest BCUT2D eigenvalue weighted by Gasteiger charge is 2.57. The lowest BCUT2D eigenvalue weighted by molar-refractivity contribution is -0.175. The first-order valence-electron chi connectivity index (χ1n) is 15.3. The van der Waals surface area contributed by atoms with Crippen molar-refractivity contribution in [2.45, 2.75) is 71.4 Å². The average Bonchev–Trinajstić information content (AvgIpc) is 3.36. The third kappa shape index (κ3) is 5.34. The van der Waals surface area contributed by atoms with E-state index in [-0.39, 0.29) is 18.5 Å². The quantitative estimate of drug-likeness (QED) is 0.336. The summed E-state index contributed by atoms with van der Waals surface area (Å²) >= 11 is 0. The molecule has 5 N–H and O–H groups in total. The van der Waals surface area contributed by atoms with Crippen LogP contribution in [0.5, 0.6) is 5.75 Å². The number of nitrogens with two attached hydrogens (primary N) is 1. The minimum atomic E-state index is -0.772. The van der Waals surface area contributed by atoms with Gasteiger partial charge < -0.3 is 26.2 Å². The number of ether oxygens (including phenoxy) is 1. The van der Waals surface area contributed by atoms with Gasteiger partial charge in [-0.05, 0) is 60.1 Å². The molecule has 4 fully saturated rings. The van der Waals surface area contributed by atoms with E-state index >= 15 is 0 Å². The fourth-order valence-electron chi connectivity index (χ4n) is 7.89. The van der Waals surface area contributed by atoms with Crippen LogP contribution in [0.2, 0.25) is 0 Å². The number of nitrogens with one attached hydrogen (secondary N) is 2. The standard InChI is InChI=1S/C34H48N4O4/c1-19-27-15-25(34(27,4)5)16-28(19)37-33(40)31-30(21(3)39)29(17-35)42-38(31)18-24-12-9-13-26(32(24)41-7)23-11-8-10-22(14-23)20(2)36-6/h8-14,19,21,25,27-31,36,39H,2,15-18,35H2,1,3-7H3,(H,37,40)/t19-,21-,25+,27+,28-,29-,30-,31-/m0/s1. The van der Waals surface area contributed by atoms with Gasteiger partial charge in [-0.3, -0.25) is 9.63 Å². The molecule has 2 bridgehead atoms. The number of hydrogen-bond acceptors (Lipinski definition) is 7. The van der Waals surface area contributed by atoms with Crippen LogP contribution in [0.15, 0.2) is 49.0 Å². The minimum absolute atomic E-state index is 0.110. The summed E-state index contributed by atoms with van der Waals surface area (Å²) in [6.45, 7) is 13.3. The highest BCUT2D eigenvalue weighted by molar-refractivity contribution is 5.83. The lowest BCUT2D eigenvalue weighted by Gasteiger charge is -2.62. The molecule has 4 aliphatic rings. The van der Waals surface area contributed by atoms with Gasteiger partial charge in [0.1, 0.15) is 11.8 Å². The lowest BCUT2D eigenvalue weighted by Crippen LogP contribution is -2.62. The Morgan fingerprint density at radius 3 is 2.62 bits per heavy atom. The van der Waals surface area contributed by atoms with Gasteiger partial charge >= 0.3 is 0 Å². The predicted molar refractivity (Wildman–Crippen MR) is 166 cm³/mol. The van der Waals surface area contributed by atoms with Crippen LogP contribution in [0, 0.1) is 29.1 Å². The maximum atomic E-state index is 14.1. The molecule has 42 heavy (non-hydrogen) atoms. The van der Waals surface area contributed by atoms with Gasteiger partial charge in [-0.15, -0.1) is 0 Å². The summed E-state index contributed by atoms with van der Waals surface area (Å²) in [6.07, 6.45) is 0.979. The van der Waals surface area contributed by atoms with E-state index in [4.69, 9.17) is 15.3 Å². The highest BCUT2D eigenvalue weighted by atomic mass is 16.7. The number of aliphatic hydroxyl groups is 1. The van der Waals surface area contributed by atoms with Crippen molar-refractivity contribution in [3.63, 3.8) is 0 Å². The van der Waals surface area contributed by atoms with Crippen molar-refractivity contribution in [2.24, 2.45) is 34.8 Å². The number of hydroxylamine groups is 2.